The van der Waals surface area contributed by atoms with Crippen molar-refractivity contribution in [2.24, 2.45) is 0 Å². The van der Waals surface area contributed by atoms with Gasteiger partial charge in [0.2, 0.25) is 5.91 Å². The summed E-state index contributed by atoms with van der Waals surface area (Å²) in [5, 5.41) is 2.77. The fourth-order valence-electron chi connectivity index (χ4n) is 2.18. The fraction of sp³-hybridized carbons (Fsp3) is 0.571. The lowest BCUT2D eigenvalue weighted by Gasteiger charge is -2.20. The van der Waals surface area contributed by atoms with E-state index < -0.39 is 0 Å². The molecule has 1 N–H and O–H groups in total. The molecule has 0 spiro atoms. The Morgan fingerprint density at radius 1 is 1.30 bits per heavy atom. The fourth-order valence-corrected chi connectivity index (χ4v) is 2.18. The highest BCUT2D eigenvalue weighted by atomic mass is 16.2. The van der Waals surface area contributed by atoms with Crippen LogP contribution >= 0.6 is 0 Å². The van der Waals surface area contributed by atoms with Crippen LogP contribution in [0.3, 0.4) is 0 Å². The second kappa shape index (κ2) is 6.98. The number of carbonyl (C=O) groups is 2. The number of hydrogen-bond acceptors (Lipinski definition) is 4. The summed E-state index contributed by atoms with van der Waals surface area (Å²) in [6.07, 6.45) is 6.77. The molecule has 0 radical (unpaired) electrons. The first-order chi connectivity index (χ1) is 9.66. The van der Waals surface area contributed by atoms with Gasteiger partial charge in [-0.2, -0.15) is 0 Å². The van der Waals surface area contributed by atoms with Crippen LogP contribution in [0.1, 0.15) is 41.9 Å². The SMILES string of the molecule is Cc1cnc(C(=O)NCCN2CCCCCC2=O)cn1. The van der Waals surface area contributed by atoms with Crippen molar-refractivity contribution in [3.8, 4) is 0 Å². The van der Waals surface area contributed by atoms with E-state index in [1.807, 2.05) is 11.8 Å². The first-order valence-corrected chi connectivity index (χ1v) is 7.01. The number of amides is 2. The summed E-state index contributed by atoms with van der Waals surface area (Å²) in [6, 6.07) is 0. The van der Waals surface area contributed by atoms with E-state index in [-0.39, 0.29) is 11.8 Å². The highest BCUT2D eigenvalue weighted by Crippen LogP contribution is 2.10. The van der Waals surface area contributed by atoms with Crippen molar-refractivity contribution in [1.29, 1.82) is 0 Å². The van der Waals surface area contributed by atoms with E-state index in [4.69, 9.17) is 0 Å². The third kappa shape index (κ3) is 4.01. The number of rotatable bonds is 4. The molecule has 0 aliphatic carbocycles. The molecule has 0 unspecified atom stereocenters. The molecule has 0 bridgehead atoms. The lowest BCUT2D eigenvalue weighted by molar-refractivity contribution is -0.130. The van der Waals surface area contributed by atoms with Crippen LogP contribution in [0.15, 0.2) is 12.4 Å². The maximum absolute atomic E-state index is 11.8. The van der Waals surface area contributed by atoms with Gasteiger partial charge in [-0.15, -0.1) is 0 Å². The van der Waals surface area contributed by atoms with Crippen LogP contribution < -0.4 is 5.32 Å². The molecule has 1 fully saturated rings. The van der Waals surface area contributed by atoms with E-state index in [1.54, 1.807) is 6.20 Å². The minimum absolute atomic E-state index is 0.187. The molecular formula is C14H20N4O2. The van der Waals surface area contributed by atoms with Crippen LogP contribution in [0, 0.1) is 6.92 Å². The number of aryl methyl sites for hydroxylation is 1. The van der Waals surface area contributed by atoms with E-state index in [9.17, 15) is 9.59 Å². The monoisotopic (exact) mass is 276 g/mol. The predicted octanol–water partition coefficient (Wildman–Crippen LogP) is 0.917. The van der Waals surface area contributed by atoms with Gasteiger partial charge in [0.05, 0.1) is 11.9 Å². The molecule has 6 nitrogen and oxygen atoms in total. The third-order valence-corrected chi connectivity index (χ3v) is 3.35. The average Bonchev–Trinajstić information content (AvgIpc) is 2.65. The molecule has 1 aliphatic heterocycles. The Hall–Kier alpha value is -1.98. The molecule has 2 heterocycles. The summed E-state index contributed by atoms with van der Waals surface area (Å²) >= 11 is 0. The maximum Gasteiger partial charge on any atom is 0.271 e. The molecule has 1 aromatic heterocycles. The average molecular weight is 276 g/mol. The molecule has 0 aromatic carbocycles. The summed E-state index contributed by atoms with van der Waals surface area (Å²) < 4.78 is 0. The molecule has 1 aliphatic rings. The first-order valence-electron chi connectivity index (χ1n) is 7.01. The van der Waals surface area contributed by atoms with Crippen molar-refractivity contribution < 1.29 is 9.59 Å². The number of nitrogens with one attached hydrogen (secondary N) is 1. The van der Waals surface area contributed by atoms with Gasteiger partial charge in [0, 0.05) is 32.3 Å². The van der Waals surface area contributed by atoms with E-state index >= 15 is 0 Å². The van der Waals surface area contributed by atoms with Crippen LogP contribution in [-0.4, -0.2) is 46.3 Å². The second-order valence-corrected chi connectivity index (χ2v) is 4.99. The zero-order valence-electron chi connectivity index (χ0n) is 11.8. The number of carbonyl (C=O) groups excluding carboxylic acids is 2. The second-order valence-electron chi connectivity index (χ2n) is 4.99. The summed E-state index contributed by atoms with van der Waals surface area (Å²) in [6.45, 7) is 3.61. The van der Waals surface area contributed by atoms with E-state index in [0.717, 1.165) is 31.5 Å². The van der Waals surface area contributed by atoms with Crippen LogP contribution in [0.2, 0.25) is 0 Å². The molecule has 2 rings (SSSR count). The highest BCUT2D eigenvalue weighted by molar-refractivity contribution is 5.91. The summed E-state index contributed by atoms with van der Waals surface area (Å²) in [4.78, 5) is 33.5. The Kier molecular flexibility index (Phi) is 5.03. The summed E-state index contributed by atoms with van der Waals surface area (Å²) in [5.74, 6) is -0.0633. The molecule has 108 valence electrons. The van der Waals surface area contributed by atoms with Gasteiger partial charge in [0.1, 0.15) is 5.69 Å². The van der Waals surface area contributed by atoms with Crippen molar-refractivity contribution in [1.82, 2.24) is 20.2 Å². The van der Waals surface area contributed by atoms with E-state index in [1.165, 1.54) is 6.20 Å². The lowest BCUT2D eigenvalue weighted by atomic mass is 10.2. The topological polar surface area (TPSA) is 75.2 Å². The molecule has 1 saturated heterocycles. The van der Waals surface area contributed by atoms with Gasteiger partial charge >= 0.3 is 0 Å². The van der Waals surface area contributed by atoms with Crippen molar-refractivity contribution >= 4 is 11.8 Å². The number of likely N-dealkylation sites (tertiary alicyclic amines) is 1. The first kappa shape index (κ1) is 14.4. The largest absolute Gasteiger partial charge is 0.349 e. The number of nitrogens with zero attached hydrogens (tertiary/aromatic N) is 3. The minimum Gasteiger partial charge on any atom is -0.349 e. The van der Waals surface area contributed by atoms with Gasteiger partial charge in [-0.25, -0.2) is 4.98 Å². The van der Waals surface area contributed by atoms with Crippen molar-refractivity contribution in [2.45, 2.75) is 32.6 Å². The molecule has 6 heteroatoms. The van der Waals surface area contributed by atoms with Gasteiger partial charge < -0.3 is 10.2 Å². The molecule has 20 heavy (non-hydrogen) atoms. The molecule has 2 amide bonds. The third-order valence-electron chi connectivity index (χ3n) is 3.35. The Morgan fingerprint density at radius 3 is 2.90 bits per heavy atom. The summed E-state index contributed by atoms with van der Waals surface area (Å²) in [5.41, 5.74) is 1.08. The Balaban J connectivity index is 1.78. The maximum atomic E-state index is 11.8. The van der Waals surface area contributed by atoms with Gasteiger partial charge in [0.25, 0.3) is 5.91 Å². The Labute approximate surface area is 118 Å². The zero-order chi connectivity index (χ0) is 14.4. The quantitative estimate of drug-likeness (QED) is 0.887. The standard InChI is InChI=1S/C14H20N4O2/c1-11-9-17-12(10-16-11)14(20)15-6-8-18-7-4-2-3-5-13(18)19/h9-10H,2-8H2,1H3,(H,15,20). The number of hydrogen-bond donors (Lipinski definition) is 1. The Morgan fingerprint density at radius 2 is 2.15 bits per heavy atom. The van der Waals surface area contributed by atoms with Crippen molar-refractivity contribution in [3.05, 3.63) is 23.8 Å². The van der Waals surface area contributed by atoms with E-state index in [2.05, 4.69) is 15.3 Å². The lowest BCUT2D eigenvalue weighted by Crippen LogP contribution is -2.38. The smallest absolute Gasteiger partial charge is 0.271 e. The van der Waals surface area contributed by atoms with E-state index in [0.29, 0.717) is 25.2 Å². The van der Waals surface area contributed by atoms with Crippen LogP contribution in [0.4, 0.5) is 0 Å². The minimum atomic E-state index is -0.250. The summed E-state index contributed by atoms with van der Waals surface area (Å²) in [7, 11) is 0. The molecular weight excluding hydrogens is 256 g/mol. The normalized spacial score (nSPS) is 15.8. The molecule has 0 saturated carbocycles. The van der Waals surface area contributed by atoms with Gasteiger partial charge in [0.15, 0.2) is 0 Å². The van der Waals surface area contributed by atoms with Crippen LogP contribution in [0.25, 0.3) is 0 Å². The van der Waals surface area contributed by atoms with Crippen molar-refractivity contribution in [2.75, 3.05) is 19.6 Å². The van der Waals surface area contributed by atoms with Gasteiger partial charge in [-0.1, -0.05) is 6.42 Å². The predicted molar refractivity (Wildman–Crippen MR) is 74.2 cm³/mol. The Bertz CT molecular complexity index is 473. The van der Waals surface area contributed by atoms with Crippen molar-refractivity contribution in [3.63, 3.8) is 0 Å². The van der Waals surface area contributed by atoms with Crippen LogP contribution in [-0.2, 0) is 4.79 Å². The highest BCUT2D eigenvalue weighted by Gasteiger charge is 2.16. The number of aromatic nitrogens is 2. The molecule has 0 atom stereocenters. The van der Waals surface area contributed by atoms with Gasteiger partial charge in [-0.05, 0) is 19.8 Å². The van der Waals surface area contributed by atoms with Gasteiger partial charge in [-0.3, -0.25) is 14.6 Å². The molecule has 1 aromatic rings. The van der Waals surface area contributed by atoms with Crippen LogP contribution in [0.5, 0.6) is 0 Å². The zero-order valence-corrected chi connectivity index (χ0v) is 11.8.